The number of carbonyl (C=O) groups is 2. The average Bonchev–Trinajstić information content (AvgIpc) is 3.09. The maximum atomic E-state index is 13.4. The zero-order chi connectivity index (χ0) is 22.1. The molecule has 0 saturated carbocycles. The molecule has 0 spiro atoms. The number of ether oxygens (including phenoxy) is 1. The predicted octanol–water partition coefficient (Wildman–Crippen LogP) is 1.28. The fourth-order valence-electron chi connectivity index (χ4n) is 4.12. The molecule has 4 rings (SSSR count). The molecule has 2 unspecified atom stereocenters. The van der Waals surface area contributed by atoms with E-state index in [1.165, 1.54) is 24.4 Å². The molecular weight excluding hydrogens is 427 g/mol. The van der Waals surface area contributed by atoms with Gasteiger partial charge >= 0.3 is 12.1 Å². The molecule has 166 valence electrons. The van der Waals surface area contributed by atoms with Gasteiger partial charge in [0.05, 0.1) is 43.4 Å². The summed E-state index contributed by atoms with van der Waals surface area (Å²) < 4.78 is 18.9. The first-order valence-corrected chi connectivity index (χ1v) is 10.5. The highest BCUT2D eigenvalue weighted by Gasteiger charge is 2.42. The van der Waals surface area contributed by atoms with Crippen LogP contribution in [0.1, 0.15) is 6.92 Å². The average molecular weight is 452 g/mol. The number of nitrogens with two attached hydrogens (primary N) is 1. The summed E-state index contributed by atoms with van der Waals surface area (Å²) in [6.07, 6.45) is 1.18. The maximum absolute atomic E-state index is 13.4. The van der Waals surface area contributed by atoms with E-state index < -0.39 is 5.82 Å². The van der Waals surface area contributed by atoms with Crippen molar-refractivity contribution in [1.29, 1.82) is 5.41 Å². The van der Waals surface area contributed by atoms with Gasteiger partial charge in [0.1, 0.15) is 18.1 Å². The van der Waals surface area contributed by atoms with Gasteiger partial charge in [0, 0.05) is 18.4 Å². The van der Waals surface area contributed by atoms with Crippen LogP contribution in [0.25, 0.3) is 0 Å². The van der Waals surface area contributed by atoms with Gasteiger partial charge in [-0.1, -0.05) is 11.6 Å². The third kappa shape index (κ3) is 4.23. The van der Waals surface area contributed by atoms with Crippen LogP contribution >= 0.6 is 11.6 Å². The number of hydrogen-bond acceptors (Lipinski definition) is 4. The molecule has 0 bridgehead atoms. The number of piperazine rings is 1. The minimum absolute atomic E-state index is 0.0260. The first kappa shape index (κ1) is 21.5. The molecule has 4 N–H and O–H groups in total. The Morgan fingerprint density at radius 2 is 2.26 bits per heavy atom. The molecule has 3 fully saturated rings. The van der Waals surface area contributed by atoms with Crippen LogP contribution in [0.2, 0.25) is 5.02 Å². The van der Waals surface area contributed by atoms with Gasteiger partial charge < -0.3 is 30.6 Å². The van der Waals surface area contributed by atoms with Crippen LogP contribution in [0.15, 0.2) is 29.6 Å². The molecule has 3 aliphatic heterocycles. The molecule has 9 nitrogen and oxygen atoms in total. The van der Waals surface area contributed by atoms with E-state index in [-0.39, 0.29) is 35.7 Å². The summed E-state index contributed by atoms with van der Waals surface area (Å²) in [5.41, 5.74) is 1.63. The van der Waals surface area contributed by atoms with Gasteiger partial charge in [-0.2, -0.15) is 0 Å². The van der Waals surface area contributed by atoms with Crippen molar-refractivity contribution < 1.29 is 24.0 Å². The quantitative estimate of drug-likeness (QED) is 0.603. The van der Waals surface area contributed by atoms with E-state index in [4.69, 9.17) is 21.7 Å². The number of nitrogens with zero attached hydrogens (tertiary/aromatic N) is 3. The zero-order valence-corrected chi connectivity index (χ0v) is 17.9. The number of hydrogen-bond donors (Lipinski definition) is 3. The Hall–Kier alpha value is -2.69. The smallest absolute Gasteiger partial charge is 0.325 e. The fraction of sp³-hybridized carbons (Fsp3) is 0.450. The highest BCUT2D eigenvalue weighted by molar-refractivity contribution is 6.31. The first-order valence-electron chi connectivity index (χ1n) is 10.1. The van der Waals surface area contributed by atoms with Crippen LogP contribution in [0, 0.1) is 11.2 Å². The predicted molar refractivity (Wildman–Crippen MR) is 113 cm³/mol. The van der Waals surface area contributed by atoms with E-state index in [1.807, 2.05) is 12.2 Å². The molecule has 4 amide bonds. The number of fused-ring (bicyclic) bond motifs is 1. The Labute approximate surface area is 184 Å². The molecular formula is C20H25ClFN6O3+. The SMILES string of the molecule is CC1C[NH2+]C(=C(C=N)N2CC3COCCN3C2=O)CN1C(=O)Nc1ccc(F)c(Cl)c1. The number of anilines is 1. The summed E-state index contributed by atoms with van der Waals surface area (Å²) in [5.74, 6) is -0.557. The molecule has 0 aromatic heterocycles. The molecule has 3 saturated heterocycles. The number of halogens is 2. The van der Waals surface area contributed by atoms with E-state index in [9.17, 15) is 14.0 Å². The lowest BCUT2D eigenvalue weighted by atomic mass is 10.1. The van der Waals surface area contributed by atoms with Gasteiger partial charge in [-0.05, 0) is 25.1 Å². The summed E-state index contributed by atoms with van der Waals surface area (Å²) >= 11 is 5.81. The highest BCUT2D eigenvalue weighted by atomic mass is 35.5. The van der Waals surface area contributed by atoms with Crippen LogP contribution in [0.4, 0.5) is 19.7 Å². The summed E-state index contributed by atoms with van der Waals surface area (Å²) in [6.45, 7) is 4.75. The van der Waals surface area contributed by atoms with Crippen molar-refractivity contribution in [3.8, 4) is 0 Å². The van der Waals surface area contributed by atoms with Crippen molar-refractivity contribution in [3.63, 3.8) is 0 Å². The number of carbonyl (C=O) groups excluding carboxylic acids is 2. The number of amides is 4. The zero-order valence-electron chi connectivity index (χ0n) is 17.1. The summed E-state index contributed by atoms with van der Waals surface area (Å²) in [4.78, 5) is 30.8. The van der Waals surface area contributed by atoms with Crippen LogP contribution in [-0.2, 0) is 4.74 Å². The second kappa shape index (κ2) is 8.81. The molecule has 0 aliphatic carbocycles. The Balaban J connectivity index is 1.53. The maximum Gasteiger partial charge on any atom is 0.325 e. The monoisotopic (exact) mass is 451 g/mol. The Kier molecular flexibility index (Phi) is 6.12. The second-order valence-corrected chi connectivity index (χ2v) is 8.25. The number of urea groups is 2. The number of nitrogens with one attached hydrogen (secondary N) is 2. The lowest BCUT2D eigenvalue weighted by Gasteiger charge is -2.34. The van der Waals surface area contributed by atoms with Crippen molar-refractivity contribution >= 4 is 35.6 Å². The Morgan fingerprint density at radius 1 is 1.45 bits per heavy atom. The summed E-state index contributed by atoms with van der Waals surface area (Å²) in [5, 5.41) is 12.6. The summed E-state index contributed by atoms with van der Waals surface area (Å²) in [7, 11) is 0. The van der Waals surface area contributed by atoms with Crippen LogP contribution in [-0.4, -0.2) is 84.5 Å². The minimum Gasteiger partial charge on any atom is -0.377 e. The van der Waals surface area contributed by atoms with Gasteiger partial charge in [-0.15, -0.1) is 0 Å². The van der Waals surface area contributed by atoms with Gasteiger partial charge in [-0.25, -0.2) is 14.0 Å². The topological polar surface area (TPSA) is 106 Å². The third-order valence-corrected chi connectivity index (χ3v) is 6.15. The standard InChI is InChI=1S/C20H24ClFN6O3/c1-12-8-24-17(10-27(12)19(29)25-13-2-3-16(22)15(21)6-13)18(7-23)28-9-14-11-31-5-4-26(14)20(28)30/h2-3,6-7,12,14,23-24H,4-5,8-11H2,1H3,(H,25,29)/p+1. The molecule has 3 aliphatic rings. The van der Waals surface area contributed by atoms with Crippen molar-refractivity contribution in [1.82, 2.24) is 14.7 Å². The Morgan fingerprint density at radius 3 is 2.97 bits per heavy atom. The Bertz CT molecular complexity index is 941. The van der Waals surface area contributed by atoms with Gasteiger partial charge in [0.2, 0.25) is 0 Å². The van der Waals surface area contributed by atoms with Crippen LogP contribution < -0.4 is 10.6 Å². The molecule has 1 aromatic rings. The van der Waals surface area contributed by atoms with Crippen molar-refractivity contribution in [2.75, 3.05) is 44.7 Å². The number of rotatable bonds is 3. The molecule has 31 heavy (non-hydrogen) atoms. The largest absolute Gasteiger partial charge is 0.377 e. The van der Waals surface area contributed by atoms with Crippen LogP contribution in [0.3, 0.4) is 0 Å². The van der Waals surface area contributed by atoms with Crippen molar-refractivity contribution in [2.45, 2.75) is 19.0 Å². The highest BCUT2D eigenvalue weighted by Crippen LogP contribution is 2.24. The number of allylic oxidation sites excluding steroid dienone is 1. The van der Waals surface area contributed by atoms with Crippen LogP contribution in [0.5, 0.6) is 0 Å². The van der Waals surface area contributed by atoms with Crippen molar-refractivity contribution in [3.05, 3.63) is 40.4 Å². The molecule has 0 radical (unpaired) electrons. The fourth-order valence-corrected chi connectivity index (χ4v) is 4.30. The van der Waals surface area contributed by atoms with Crippen molar-refractivity contribution in [2.24, 2.45) is 0 Å². The number of benzene rings is 1. The van der Waals surface area contributed by atoms with Gasteiger partial charge in [0.25, 0.3) is 0 Å². The lowest BCUT2D eigenvalue weighted by molar-refractivity contribution is -0.621. The van der Waals surface area contributed by atoms with E-state index in [1.54, 1.807) is 14.7 Å². The minimum atomic E-state index is -0.557. The second-order valence-electron chi connectivity index (χ2n) is 7.85. The number of quaternary nitrogens is 1. The van der Waals surface area contributed by atoms with E-state index in [0.717, 1.165) is 5.70 Å². The molecule has 2 atom stereocenters. The van der Waals surface area contributed by atoms with Gasteiger partial charge in [0.15, 0.2) is 5.70 Å². The normalized spacial score (nSPS) is 25.4. The van der Waals surface area contributed by atoms with Gasteiger partial charge in [-0.3, -0.25) is 4.90 Å². The molecule has 11 heteroatoms. The third-order valence-electron chi connectivity index (χ3n) is 5.86. The number of morpholine rings is 1. The molecule has 3 heterocycles. The van der Waals surface area contributed by atoms with E-state index in [0.29, 0.717) is 44.2 Å². The molecule has 1 aromatic carbocycles. The summed E-state index contributed by atoms with van der Waals surface area (Å²) in [6, 6.07) is 3.40. The lowest BCUT2D eigenvalue weighted by Crippen LogP contribution is -2.90. The first-order chi connectivity index (χ1) is 14.9. The van der Waals surface area contributed by atoms with E-state index >= 15 is 0 Å². The van der Waals surface area contributed by atoms with E-state index in [2.05, 4.69) is 5.32 Å².